The first kappa shape index (κ1) is 14.5. The first-order chi connectivity index (χ1) is 10.7. The van der Waals surface area contributed by atoms with Gasteiger partial charge in [-0.05, 0) is 11.1 Å². The van der Waals surface area contributed by atoms with Crippen molar-refractivity contribution in [3.8, 4) is 0 Å². The van der Waals surface area contributed by atoms with Crippen molar-refractivity contribution in [2.45, 2.75) is 12.8 Å². The molecule has 3 nitrogen and oxygen atoms in total. The Morgan fingerprint density at radius 1 is 1.00 bits per heavy atom. The van der Waals surface area contributed by atoms with Crippen molar-refractivity contribution >= 4 is 22.4 Å². The molecule has 3 rings (SSSR count). The van der Waals surface area contributed by atoms with Crippen molar-refractivity contribution in [3.63, 3.8) is 0 Å². The second kappa shape index (κ2) is 6.54. The molecule has 1 aromatic heterocycles. The number of nitrogens with zero attached hydrogens (tertiary/aromatic N) is 1. The summed E-state index contributed by atoms with van der Waals surface area (Å²) in [5, 5.41) is 5.40. The van der Waals surface area contributed by atoms with Gasteiger partial charge in [0.1, 0.15) is 0 Å². The molecule has 1 N–H and O–H groups in total. The van der Waals surface area contributed by atoms with Gasteiger partial charge in [0, 0.05) is 12.3 Å². The summed E-state index contributed by atoms with van der Waals surface area (Å²) in [6, 6.07) is 20.6. The number of hydrogen-bond donors (Lipinski definition) is 1. The largest absolute Gasteiger partial charge is 0.302 e. The fourth-order valence-corrected chi connectivity index (χ4v) is 3.23. The van der Waals surface area contributed by atoms with Gasteiger partial charge in [0.2, 0.25) is 5.91 Å². The van der Waals surface area contributed by atoms with Gasteiger partial charge >= 0.3 is 0 Å². The van der Waals surface area contributed by atoms with Gasteiger partial charge in [0.25, 0.3) is 0 Å². The number of hydrogen-bond acceptors (Lipinski definition) is 3. The summed E-state index contributed by atoms with van der Waals surface area (Å²) >= 11 is 1.45. The maximum Gasteiger partial charge on any atom is 0.223 e. The van der Waals surface area contributed by atoms with Crippen LogP contribution in [0.3, 0.4) is 0 Å². The monoisotopic (exact) mass is 308 g/mol. The molecule has 1 heterocycles. The fraction of sp³-hybridized carbons (Fsp3) is 0.111. The van der Waals surface area contributed by atoms with Gasteiger partial charge in [0.05, 0.1) is 11.6 Å². The molecule has 0 fully saturated rings. The van der Waals surface area contributed by atoms with E-state index in [1.807, 2.05) is 41.8 Å². The van der Waals surface area contributed by atoms with Crippen LogP contribution in [0.15, 0.2) is 66.0 Å². The van der Waals surface area contributed by atoms with E-state index in [0.29, 0.717) is 5.13 Å². The topological polar surface area (TPSA) is 42.0 Å². The summed E-state index contributed by atoms with van der Waals surface area (Å²) in [7, 11) is 0. The number of rotatable bonds is 4. The van der Waals surface area contributed by atoms with Crippen LogP contribution in [-0.4, -0.2) is 10.9 Å². The predicted molar refractivity (Wildman–Crippen MR) is 90.2 cm³/mol. The van der Waals surface area contributed by atoms with Crippen molar-refractivity contribution in [3.05, 3.63) is 82.9 Å². The molecule has 1 amide bonds. The minimum atomic E-state index is -0.100. The molecule has 0 radical (unpaired) electrons. The van der Waals surface area contributed by atoms with E-state index < -0.39 is 0 Å². The maximum atomic E-state index is 11.2. The van der Waals surface area contributed by atoms with Gasteiger partial charge in [0.15, 0.2) is 5.13 Å². The van der Waals surface area contributed by atoms with Crippen LogP contribution in [0.2, 0.25) is 0 Å². The third-order valence-corrected chi connectivity index (χ3v) is 4.14. The highest BCUT2D eigenvalue weighted by molar-refractivity contribution is 7.13. The molecule has 22 heavy (non-hydrogen) atoms. The minimum Gasteiger partial charge on any atom is -0.302 e. The molecule has 0 saturated heterocycles. The molecule has 110 valence electrons. The second-order valence-corrected chi connectivity index (χ2v) is 5.87. The quantitative estimate of drug-likeness (QED) is 0.781. The number of benzene rings is 2. The van der Waals surface area contributed by atoms with Crippen LogP contribution < -0.4 is 5.32 Å². The van der Waals surface area contributed by atoms with Gasteiger partial charge in [-0.25, -0.2) is 4.98 Å². The van der Waals surface area contributed by atoms with Crippen LogP contribution in [0.25, 0.3) is 0 Å². The molecular weight excluding hydrogens is 292 g/mol. The number of thiazole rings is 1. The first-order valence-corrected chi connectivity index (χ1v) is 7.95. The highest BCUT2D eigenvalue weighted by atomic mass is 32.1. The summed E-state index contributed by atoms with van der Waals surface area (Å²) in [6.07, 6.45) is 0. The molecule has 4 heteroatoms. The Labute approximate surface area is 133 Å². The lowest BCUT2D eigenvalue weighted by atomic mass is 9.89. The SMILES string of the molecule is CC(=O)Nc1nc(C(c2ccccc2)c2ccccc2)cs1. The van der Waals surface area contributed by atoms with Crippen molar-refractivity contribution in [2.24, 2.45) is 0 Å². The number of carbonyl (C=O) groups excluding carboxylic acids is 1. The van der Waals surface area contributed by atoms with Crippen molar-refractivity contribution in [1.29, 1.82) is 0 Å². The molecule has 0 aliphatic heterocycles. The van der Waals surface area contributed by atoms with Gasteiger partial charge in [-0.3, -0.25) is 4.79 Å². The van der Waals surface area contributed by atoms with E-state index in [9.17, 15) is 4.79 Å². The number of nitrogens with one attached hydrogen (secondary N) is 1. The van der Waals surface area contributed by atoms with Crippen LogP contribution >= 0.6 is 11.3 Å². The zero-order chi connectivity index (χ0) is 15.4. The molecule has 3 aromatic rings. The van der Waals surface area contributed by atoms with Gasteiger partial charge in [-0.1, -0.05) is 60.7 Å². The van der Waals surface area contributed by atoms with E-state index >= 15 is 0 Å². The zero-order valence-corrected chi connectivity index (χ0v) is 13.0. The maximum absolute atomic E-state index is 11.2. The lowest BCUT2D eigenvalue weighted by Gasteiger charge is -2.16. The Balaban J connectivity index is 2.02. The zero-order valence-electron chi connectivity index (χ0n) is 12.2. The molecule has 0 aliphatic carbocycles. The Kier molecular flexibility index (Phi) is 4.30. The average Bonchev–Trinajstić information content (AvgIpc) is 2.97. The van der Waals surface area contributed by atoms with E-state index in [1.165, 1.54) is 29.4 Å². The van der Waals surface area contributed by atoms with E-state index in [0.717, 1.165) is 5.69 Å². The summed E-state index contributed by atoms with van der Waals surface area (Å²) in [5.41, 5.74) is 3.33. The van der Waals surface area contributed by atoms with E-state index in [-0.39, 0.29) is 11.8 Å². The van der Waals surface area contributed by atoms with Crippen LogP contribution in [0, 0.1) is 0 Å². The average molecular weight is 308 g/mol. The lowest BCUT2D eigenvalue weighted by molar-refractivity contribution is -0.114. The Morgan fingerprint density at radius 3 is 2.05 bits per heavy atom. The minimum absolute atomic E-state index is 0.0705. The van der Waals surface area contributed by atoms with E-state index in [2.05, 4.69) is 34.6 Å². The normalized spacial score (nSPS) is 10.6. The van der Waals surface area contributed by atoms with Crippen LogP contribution in [0.4, 0.5) is 5.13 Å². The number of amides is 1. The number of carbonyl (C=O) groups is 1. The third kappa shape index (κ3) is 3.23. The van der Waals surface area contributed by atoms with Crippen LogP contribution in [0.5, 0.6) is 0 Å². The molecular formula is C18H16N2OS. The lowest BCUT2D eigenvalue weighted by Crippen LogP contribution is -2.07. The third-order valence-electron chi connectivity index (χ3n) is 3.37. The van der Waals surface area contributed by atoms with Gasteiger partial charge < -0.3 is 5.32 Å². The Bertz CT molecular complexity index is 714. The fourth-order valence-electron chi connectivity index (χ4n) is 2.45. The molecule has 2 aromatic carbocycles. The Morgan fingerprint density at radius 2 is 1.55 bits per heavy atom. The second-order valence-electron chi connectivity index (χ2n) is 5.01. The number of aromatic nitrogens is 1. The van der Waals surface area contributed by atoms with Crippen molar-refractivity contribution < 1.29 is 4.79 Å². The van der Waals surface area contributed by atoms with E-state index in [1.54, 1.807) is 0 Å². The van der Waals surface area contributed by atoms with Gasteiger partial charge in [-0.2, -0.15) is 0 Å². The highest BCUT2D eigenvalue weighted by Crippen LogP contribution is 2.33. The summed E-state index contributed by atoms with van der Waals surface area (Å²) in [6.45, 7) is 1.49. The standard InChI is InChI=1S/C18H16N2OS/c1-13(21)19-18-20-16(12-22-18)17(14-8-4-2-5-9-14)15-10-6-3-7-11-15/h2-12,17H,1H3,(H,19,20,21). The van der Waals surface area contributed by atoms with Crippen molar-refractivity contribution in [2.75, 3.05) is 5.32 Å². The van der Waals surface area contributed by atoms with Gasteiger partial charge in [-0.15, -0.1) is 11.3 Å². The summed E-state index contributed by atoms with van der Waals surface area (Å²) in [4.78, 5) is 15.8. The summed E-state index contributed by atoms with van der Waals surface area (Å²) < 4.78 is 0. The smallest absolute Gasteiger partial charge is 0.223 e. The molecule has 0 unspecified atom stereocenters. The predicted octanol–water partition coefficient (Wildman–Crippen LogP) is 4.28. The first-order valence-electron chi connectivity index (χ1n) is 7.07. The molecule has 0 saturated carbocycles. The van der Waals surface area contributed by atoms with Crippen LogP contribution in [-0.2, 0) is 4.79 Å². The molecule has 0 spiro atoms. The van der Waals surface area contributed by atoms with Crippen LogP contribution in [0.1, 0.15) is 29.7 Å². The molecule has 0 aliphatic rings. The molecule has 0 atom stereocenters. The van der Waals surface area contributed by atoms with E-state index in [4.69, 9.17) is 0 Å². The molecule has 0 bridgehead atoms. The number of anilines is 1. The Hall–Kier alpha value is -2.46. The highest BCUT2D eigenvalue weighted by Gasteiger charge is 2.19. The summed E-state index contributed by atoms with van der Waals surface area (Å²) in [5.74, 6) is -0.0296. The van der Waals surface area contributed by atoms with Crippen molar-refractivity contribution in [1.82, 2.24) is 4.98 Å².